The molecule has 5 heteroatoms. The van der Waals surface area contributed by atoms with E-state index in [4.69, 9.17) is 15.0 Å². The van der Waals surface area contributed by atoms with E-state index in [9.17, 15) is 0 Å². The van der Waals surface area contributed by atoms with Crippen LogP contribution in [0, 0.1) is 6.92 Å². The summed E-state index contributed by atoms with van der Waals surface area (Å²) >= 11 is 1.88. The van der Waals surface area contributed by atoms with Gasteiger partial charge in [0.05, 0.1) is 11.0 Å². The summed E-state index contributed by atoms with van der Waals surface area (Å²) in [5, 5.41) is 3.81. The quantitative estimate of drug-likeness (QED) is 0.146. The van der Waals surface area contributed by atoms with E-state index in [1.54, 1.807) is 0 Å². The second kappa shape index (κ2) is 16.3. The van der Waals surface area contributed by atoms with Crippen molar-refractivity contribution in [3.05, 3.63) is 211 Å². The largest absolute Gasteiger partial charge is 0.309 e. The topological polar surface area (TPSA) is 43.6 Å². The maximum Gasteiger partial charge on any atom is 0.164 e. The molecule has 3 heterocycles. The standard InChI is InChI=1S/C58H42N4S/c1-3-4-25-49-38(2)63-55-37-54-51(36-52(49)55)50-26-14-15-27-53(50)62(54)48-34-46(40-19-10-6-11-20-40)33-47(35-48)44-23-16-24-45(32-44)58-60-56(42-21-12-7-13-22-42)59-57(61-58)43-30-28-41(29-31-43)39-17-8-5-9-18-39/h4-37H,3H2,1-2H3/b25-4-. The third-order valence-corrected chi connectivity index (χ3v) is 13.0. The van der Waals surface area contributed by atoms with Gasteiger partial charge in [-0.1, -0.05) is 171 Å². The number of fused-ring (bicyclic) bond motifs is 4. The lowest BCUT2D eigenvalue weighted by molar-refractivity contribution is 1.07. The smallest absolute Gasteiger partial charge is 0.164 e. The number of allylic oxidation sites excluding steroid dienone is 1. The van der Waals surface area contributed by atoms with Gasteiger partial charge >= 0.3 is 0 Å². The molecule has 4 nitrogen and oxygen atoms in total. The highest BCUT2D eigenvalue weighted by Gasteiger charge is 2.19. The minimum Gasteiger partial charge on any atom is -0.309 e. The molecular formula is C58H42N4S. The predicted octanol–water partition coefficient (Wildman–Crippen LogP) is 15.9. The number of nitrogens with zero attached hydrogens (tertiary/aromatic N) is 4. The maximum atomic E-state index is 5.15. The Balaban J connectivity index is 1.07. The lowest BCUT2D eigenvalue weighted by Gasteiger charge is -2.15. The van der Waals surface area contributed by atoms with Crippen LogP contribution >= 0.6 is 11.3 Å². The van der Waals surface area contributed by atoms with E-state index in [1.807, 2.05) is 35.6 Å². The summed E-state index contributed by atoms with van der Waals surface area (Å²) in [5.41, 5.74) is 14.4. The number of hydrogen-bond acceptors (Lipinski definition) is 4. The summed E-state index contributed by atoms with van der Waals surface area (Å²) in [7, 11) is 0. The van der Waals surface area contributed by atoms with Crippen molar-refractivity contribution >= 4 is 49.3 Å². The van der Waals surface area contributed by atoms with E-state index < -0.39 is 0 Å². The summed E-state index contributed by atoms with van der Waals surface area (Å²) in [6.07, 6.45) is 5.57. The van der Waals surface area contributed by atoms with Gasteiger partial charge in [-0.3, -0.25) is 0 Å². The van der Waals surface area contributed by atoms with Gasteiger partial charge in [-0.05, 0) is 94.8 Å². The summed E-state index contributed by atoms with van der Waals surface area (Å²) in [6.45, 7) is 4.43. The molecule has 0 N–H and O–H groups in total. The molecule has 0 amide bonds. The molecule has 0 bridgehead atoms. The van der Waals surface area contributed by atoms with E-state index in [2.05, 4.69) is 200 Å². The molecule has 3 aromatic heterocycles. The van der Waals surface area contributed by atoms with Crippen LogP contribution in [0.4, 0.5) is 0 Å². The van der Waals surface area contributed by atoms with Crippen LogP contribution < -0.4 is 0 Å². The Morgan fingerprint density at radius 3 is 1.62 bits per heavy atom. The molecule has 300 valence electrons. The molecule has 8 aromatic carbocycles. The first-order chi connectivity index (χ1) is 31.1. The molecule has 0 aliphatic heterocycles. The van der Waals surface area contributed by atoms with Crippen LogP contribution in [0.5, 0.6) is 0 Å². The summed E-state index contributed by atoms with van der Waals surface area (Å²) < 4.78 is 3.75. The third kappa shape index (κ3) is 7.22. The molecule has 11 aromatic rings. The number of rotatable bonds is 9. The summed E-state index contributed by atoms with van der Waals surface area (Å²) in [5.74, 6) is 1.89. The van der Waals surface area contributed by atoms with Gasteiger partial charge in [-0.2, -0.15) is 0 Å². The third-order valence-electron chi connectivity index (χ3n) is 11.9. The number of aryl methyl sites for hydroxylation is 1. The van der Waals surface area contributed by atoms with Gasteiger partial charge in [-0.15, -0.1) is 11.3 Å². The zero-order valence-corrected chi connectivity index (χ0v) is 35.9. The van der Waals surface area contributed by atoms with Crippen LogP contribution in [0.15, 0.2) is 200 Å². The predicted molar refractivity (Wildman–Crippen MR) is 266 cm³/mol. The lowest BCUT2D eigenvalue weighted by Crippen LogP contribution is -2.00. The number of para-hydroxylation sites is 1. The first-order valence-corrected chi connectivity index (χ1v) is 22.3. The molecule has 0 radical (unpaired) electrons. The Morgan fingerprint density at radius 2 is 0.937 bits per heavy atom. The molecule has 0 fully saturated rings. The Bertz CT molecular complexity index is 3480. The van der Waals surface area contributed by atoms with E-state index in [-0.39, 0.29) is 0 Å². The minimum absolute atomic E-state index is 0.623. The molecular weight excluding hydrogens is 785 g/mol. The molecule has 0 spiro atoms. The molecule has 0 atom stereocenters. The summed E-state index contributed by atoms with van der Waals surface area (Å²) in [4.78, 5) is 16.6. The van der Waals surface area contributed by atoms with E-state index in [1.165, 1.54) is 47.9 Å². The molecule has 0 saturated heterocycles. The fourth-order valence-electron chi connectivity index (χ4n) is 8.76. The molecule has 11 rings (SSSR count). The zero-order valence-electron chi connectivity index (χ0n) is 35.0. The number of aromatic nitrogens is 4. The van der Waals surface area contributed by atoms with Crippen LogP contribution in [0.1, 0.15) is 23.8 Å². The lowest BCUT2D eigenvalue weighted by atomic mass is 9.96. The number of hydrogen-bond donors (Lipinski definition) is 0. The normalized spacial score (nSPS) is 11.7. The van der Waals surface area contributed by atoms with Crippen molar-refractivity contribution in [3.63, 3.8) is 0 Å². The molecule has 0 unspecified atom stereocenters. The zero-order chi connectivity index (χ0) is 42.3. The van der Waals surface area contributed by atoms with Crippen molar-refractivity contribution in [2.24, 2.45) is 0 Å². The molecule has 0 aliphatic carbocycles. The highest BCUT2D eigenvalue weighted by molar-refractivity contribution is 7.19. The molecule has 0 aliphatic rings. The van der Waals surface area contributed by atoms with Crippen molar-refractivity contribution in [2.45, 2.75) is 20.3 Å². The van der Waals surface area contributed by atoms with Crippen molar-refractivity contribution in [1.29, 1.82) is 0 Å². The maximum absolute atomic E-state index is 5.15. The van der Waals surface area contributed by atoms with E-state index in [0.717, 1.165) is 56.6 Å². The molecule has 63 heavy (non-hydrogen) atoms. The first kappa shape index (κ1) is 38.2. The van der Waals surface area contributed by atoms with Gasteiger partial charge in [0.1, 0.15) is 0 Å². The number of thiophene rings is 1. The van der Waals surface area contributed by atoms with Crippen molar-refractivity contribution in [2.75, 3.05) is 0 Å². The molecule has 0 saturated carbocycles. The Labute approximate surface area is 371 Å². The van der Waals surface area contributed by atoms with Gasteiger partial charge in [0.15, 0.2) is 17.5 Å². The highest BCUT2D eigenvalue weighted by atomic mass is 32.1. The van der Waals surface area contributed by atoms with Crippen LogP contribution in [-0.4, -0.2) is 19.5 Å². The Hall–Kier alpha value is -7.73. The first-order valence-electron chi connectivity index (χ1n) is 21.5. The Morgan fingerprint density at radius 1 is 0.429 bits per heavy atom. The number of benzene rings is 8. The minimum atomic E-state index is 0.623. The fourth-order valence-corrected chi connectivity index (χ4v) is 9.82. The van der Waals surface area contributed by atoms with Crippen molar-refractivity contribution in [1.82, 2.24) is 19.5 Å². The van der Waals surface area contributed by atoms with Crippen LogP contribution in [-0.2, 0) is 0 Å². The van der Waals surface area contributed by atoms with Gasteiger partial charge < -0.3 is 4.57 Å². The average Bonchev–Trinajstić information content (AvgIpc) is 3.85. The SMILES string of the molecule is CC/C=C\c1c(C)sc2cc3c(cc12)c1ccccc1n3-c1cc(-c2ccccc2)cc(-c2cccc(-c3nc(-c4ccccc4)nc(-c4ccc(-c5ccccc5)cc4)n3)c2)c1. The highest BCUT2D eigenvalue weighted by Crippen LogP contribution is 2.41. The average molecular weight is 827 g/mol. The van der Waals surface area contributed by atoms with E-state index >= 15 is 0 Å². The van der Waals surface area contributed by atoms with Crippen LogP contribution in [0.2, 0.25) is 0 Å². The van der Waals surface area contributed by atoms with Crippen molar-refractivity contribution in [3.8, 4) is 73.2 Å². The Kier molecular flexibility index (Phi) is 9.87. The van der Waals surface area contributed by atoms with Gasteiger partial charge in [0.2, 0.25) is 0 Å². The van der Waals surface area contributed by atoms with Gasteiger partial charge in [0.25, 0.3) is 0 Å². The van der Waals surface area contributed by atoms with Gasteiger partial charge in [0, 0.05) is 48.1 Å². The second-order valence-corrected chi connectivity index (χ2v) is 17.2. The summed E-state index contributed by atoms with van der Waals surface area (Å²) in [6, 6.07) is 69.0. The van der Waals surface area contributed by atoms with E-state index in [0.29, 0.717) is 17.5 Å². The van der Waals surface area contributed by atoms with Crippen molar-refractivity contribution < 1.29 is 0 Å². The van der Waals surface area contributed by atoms with Gasteiger partial charge in [-0.25, -0.2) is 15.0 Å². The second-order valence-electron chi connectivity index (χ2n) is 15.9. The fraction of sp³-hybridized carbons (Fsp3) is 0.0517. The van der Waals surface area contributed by atoms with Crippen LogP contribution in [0.25, 0.3) is 111 Å². The van der Waals surface area contributed by atoms with Crippen LogP contribution in [0.3, 0.4) is 0 Å². The monoisotopic (exact) mass is 826 g/mol.